The highest BCUT2D eigenvalue weighted by molar-refractivity contribution is 5.86. The lowest BCUT2D eigenvalue weighted by molar-refractivity contribution is -0.127. The van der Waals surface area contributed by atoms with Gasteiger partial charge in [0.2, 0.25) is 5.91 Å². The molecule has 92 valence electrons. The molecule has 0 radical (unpaired) electrons. The van der Waals surface area contributed by atoms with Crippen LogP contribution in [0.5, 0.6) is 0 Å². The summed E-state index contributed by atoms with van der Waals surface area (Å²) in [6.45, 7) is 0. The standard InChI is InChI=1S/C12H22N2O2/c1-16-10-6-4-5-9(10)14-11(15)12(13)7-2-3-8-12/h9-10H,2-8,13H2,1H3,(H,14,15). The summed E-state index contributed by atoms with van der Waals surface area (Å²) >= 11 is 0. The van der Waals surface area contributed by atoms with E-state index in [2.05, 4.69) is 5.32 Å². The molecule has 1 amide bonds. The number of nitrogens with two attached hydrogens (primary N) is 1. The minimum absolute atomic E-state index is 0.0268. The van der Waals surface area contributed by atoms with E-state index < -0.39 is 5.54 Å². The fourth-order valence-electron chi connectivity index (χ4n) is 2.92. The first kappa shape index (κ1) is 11.9. The second-order valence-electron chi connectivity index (χ2n) is 5.15. The summed E-state index contributed by atoms with van der Waals surface area (Å²) < 4.78 is 5.36. The molecule has 0 aromatic carbocycles. The predicted octanol–water partition coefficient (Wildman–Crippen LogP) is 0.942. The van der Waals surface area contributed by atoms with E-state index in [1.807, 2.05) is 0 Å². The highest BCUT2D eigenvalue weighted by Crippen LogP contribution is 2.28. The third-order valence-electron chi connectivity index (χ3n) is 4.02. The van der Waals surface area contributed by atoms with E-state index in [1.165, 1.54) is 0 Å². The highest BCUT2D eigenvalue weighted by Gasteiger charge is 2.39. The van der Waals surface area contributed by atoms with Gasteiger partial charge in [0.15, 0.2) is 0 Å². The lowest BCUT2D eigenvalue weighted by Crippen LogP contribution is -2.55. The second kappa shape index (κ2) is 4.72. The highest BCUT2D eigenvalue weighted by atomic mass is 16.5. The van der Waals surface area contributed by atoms with Crippen molar-refractivity contribution in [3.8, 4) is 0 Å². The van der Waals surface area contributed by atoms with Gasteiger partial charge < -0.3 is 15.8 Å². The summed E-state index contributed by atoms with van der Waals surface area (Å²) in [5.74, 6) is 0.0268. The largest absolute Gasteiger partial charge is 0.379 e. The lowest BCUT2D eigenvalue weighted by atomic mass is 9.97. The fourth-order valence-corrected chi connectivity index (χ4v) is 2.92. The Hall–Kier alpha value is -0.610. The number of rotatable bonds is 3. The van der Waals surface area contributed by atoms with Crippen molar-refractivity contribution < 1.29 is 9.53 Å². The van der Waals surface area contributed by atoms with Crippen molar-refractivity contribution in [2.24, 2.45) is 5.73 Å². The van der Waals surface area contributed by atoms with Gasteiger partial charge in [-0.2, -0.15) is 0 Å². The Morgan fingerprint density at radius 3 is 2.62 bits per heavy atom. The van der Waals surface area contributed by atoms with Gasteiger partial charge in [0.1, 0.15) is 0 Å². The Kier molecular flexibility index (Phi) is 3.50. The van der Waals surface area contributed by atoms with Crippen molar-refractivity contribution in [1.82, 2.24) is 5.32 Å². The zero-order valence-electron chi connectivity index (χ0n) is 10.00. The number of carbonyl (C=O) groups excluding carboxylic acids is 1. The number of carbonyl (C=O) groups is 1. The zero-order chi connectivity index (χ0) is 11.6. The smallest absolute Gasteiger partial charge is 0.240 e. The summed E-state index contributed by atoms with van der Waals surface area (Å²) in [6, 6.07) is 0.165. The van der Waals surface area contributed by atoms with Crippen LogP contribution in [0, 0.1) is 0 Å². The van der Waals surface area contributed by atoms with Crippen LogP contribution in [0.3, 0.4) is 0 Å². The minimum Gasteiger partial charge on any atom is -0.379 e. The van der Waals surface area contributed by atoms with Crippen molar-refractivity contribution in [3.05, 3.63) is 0 Å². The van der Waals surface area contributed by atoms with Crippen molar-refractivity contribution in [3.63, 3.8) is 0 Å². The van der Waals surface area contributed by atoms with Crippen LogP contribution in [0.2, 0.25) is 0 Å². The monoisotopic (exact) mass is 226 g/mol. The first-order valence-electron chi connectivity index (χ1n) is 6.28. The van der Waals surface area contributed by atoms with E-state index in [1.54, 1.807) is 7.11 Å². The van der Waals surface area contributed by atoms with Gasteiger partial charge in [-0.3, -0.25) is 4.79 Å². The van der Waals surface area contributed by atoms with Gasteiger partial charge in [-0.05, 0) is 32.1 Å². The maximum absolute atomic E-state index is 12.1. The Morgan fingerprint density at radius 2 is 2.00 bits per heavy atom. The molecule has 16 heavy (non-hydrogen) atoms. The lowest BCUT2D eigenvalue weighted by Gasteiger charge is -2.27. The topological polar surface area (TPSA) is 64.3 Å². The molecule has 0 aromatic rings. The third-order valence-corrected chi connectivity index (χ3v) is 4.02. The van der Waals surface area contributed by atoms with Crippen molar-refractivity contribution in [1.29, 1.82) is 0 Å². The second-order valence-corrected chi connectivity index (χ2v) is 5.15. The number of methoxy groups -OCH3 is 1. The average Bonchev–Trinajstić information content (AvgIpc) is 2.87. The Labute approximate surface area is 96.9 Å². The van der Waals surface area contributed by atoms with Gasteiger partial charge in [0.25, 0.3) is 0 Å². The molecule has 0 aliphatic heterocycles. The molecule has 2 rings (SSSR count). The Bertz CT molecular complexity index is 262. The Balaban J connectivity index is 1.91. The fraction of sp³-hybridized carbons (Fsp3) is 0.917. The van der Waals surface area contributed by atoms with Crippen LogP contribution in [0.15, 0.2) is 0 Å². The molecule has 0 saturated heterocycles. The van der Waals surface area contributed by atoms with Gasteiger partial charge in [-0.25, -0.2) is 0 Å². The van der Waals surface area contributed by atoms with Gasteiger partial charge in [-0.1, -0.05) is 12.8 Å². The van der Waals surface area contributed by atoms with Crippen LogP contribution < -0.4 is 11.1 Å². The van der Waals surface area contributed by atoms with Crippen LogP contribution in [0.4, 0.5) is 0 Å². The van der Waals surface area contributed by atoms with Crippen LogP contribution in [-0.2, 0) is 9.53 Å². The van der Waals surface area contributed by atoms with E-state index in [-0.39, 0.29) is 18.1 Å². The third kappa shape index (κ3) is 2.23. The molecule has 2 atom stereocenters. The normalized spacial score (nSPS) is 32.9. The van der Waals surface area contributed by atoms with Gasteiger partial charge in [-0.15, -0.1) is 0 Å². The summed E-state index contributed by atoms with van der Waals surface area (Å²) in [5, 5.41) is 3.07. The van der Waals surface area contributed by atoms with Gasteiger partial charge >= 0.3 is 0 Å². The van der Waals surface area contributed by atoms with E-state index in [9.17, 15) is 4.79 Å². The minimum atomic E-state index is -0.610. The average molecular weight is 226 g/mol. The SMILES string of the molecule is COC1CCCC1NC(=O)C1(N)CCCC1. The zero-order valence-corrected chi connectivity index (χ0v) is 10.00. The molecule has 0 heterocycles. The van der Waals surface area contributed by atoms with Crippen LogP contribution in [0.1, 0.15) is 44.9 Å². The molecule has 0 spiro atoms. The molecule has 0 aromatic heterocycles. The molecule has 3 N–H and O–H groups in total. The molecule has 0 bridgehead atoms. The van der Waals surface area contributed by atoms with Crippen LogP contribution in [0.25, 0.3) is 0 Å². The van der Waals surface area contributed by atoms with Crippen molar-refractivity contribution in [2.45, 2.75) is 62.6 Å². The number of hydrogen-bond donors (Lipinski definition) is 2. The van der Waals surface area contributed by atoms with Crippen molar-refractivity contribution in [2.75, 3.05) is 7.11 Å². The summed E-state index contributed by atoms with van der Waals surface area (Å²) in [5.41, 5.74) is 5.50. The van der Waals surface area contributed by atoms with E-state index in [0.29, 0.717) is 0 Å². The molecule has 2 unspecified atom stereocenters. The quantitative estimate of drug-likeness (QED) is 0.753. The molecule has 2 aliphatic rings. The summed E-state index contributed by atoms with van der Waals surface area (Å²) in [6.07, 6.45) is 7.14. The van der Waals surface area contributed by atoms with E-state index in [0.717, 1.165) is 44.9 Å². The first-order valence-corrected chi connectivity index (χ1v) is 6.28. The summed E-state index contributed by atoms with van der Waals surface area (Å²) in [4.78, 5) is 12.1. The Morgan fingerprint density at radius 1 is 1.31 bits per heavy atom. The molecule has 2 saturated carbocycles. The molecule has 4 heteroatoms. The number of amides is 1. The van der Waals surface area contributed by atoms with E-state index in [4.69, 9.17) is 10.5 Å². The molecular formula is C12H22N2O2. The molecule has 2 aliphatic carbocycles. The van der Waals surface area contributed by atoms with Crippen LogP contribution >= 0.6 is 0 Å². The maximum Gasteiger partial charge on any atom is 0.240 e. The number of nitrogens with one attached hydrogen (secondary N) is 1. The molecule has 4 nitrogen and oxygen atoms in total. The number of ether oxygens (including phenoxy) is 1. The van der Waals surface area contributed by atoms with Gasteiger partial charge in [0, 0.05) is 7.11 Å². The summed E-state index contributed by atoms with van der Waals surface area (Å²) in [7, 11) is 1.71. The van der Waals surface area contributed by atoms with E-state index >= 15 is 0 Å². The first-order chi connectivity index (χ1) is 7.65. The maximum atomic E-state index is 12.1. The predicted molar refractivity (Wildman–Crippen MR) is 62.0 cm³/mol. The number of hydrogen-bond acceptors (Lipinski definition) is 3. The molecule has 2 fully saturated rings. The van der Waals surface area contributed by atoms with Crippen molar-refractivity contribution >= 4 is 5.91 Å². The van der Waals surface area contributed by atoms with Gasteiger partial charge in [0.05, 0.1) is 17.7 Å². The van der Waals surface area contributed by atoms with Crippen LogP contribution in [-0.4, -0.2) is 30.7 Å². The molecular weight excluding hydrogens is 204 g/mol.